The van der Waals surface area contributed by atoms with E-state index in [0.717, 1.165) is 38.5 Å². The molecule has 148 valence electrons. The summed E-state index contributed by atoms with van der Waals surface area (Å²) in [6.45, 7) is 1.08. The number of carboxylic acid groups (broad SMARTS) is 1. The van der Waals surface area contributed by atoms with E-state index in [1.807, 2.05) is 0 Å². The third-order valence-electron chi connectivity index (χ3n) is 6.32. The van der Waals surface area contributed by atoms with Crippen molar-refractivity contribution in [3.8, 4) is 0 Å². The molecule has 2 aliphatic carbocycles. The number of rotatable bonds is 6. The van der Waals surface area contributed by atoms with Crippen LogP contribution in [0.5, 0.6) is 0 Å². The lowest BCUT2D eigenvalue weighted by Crippen LogP contribution is -2.39. The van der Waals surface area contributed by atoms with Crippen LogP contribution in [0.2, 0.25) is 0 Å². The molecular formula is C20H28N2O5. The number of nitrogens with one attached hydrogen (secondary N) is 1. The van der Waals surface area contributed by atoms with Crippen LogP contribution in [0, 0.1) is 23.7 Å². The van der Waals surface area contributed by atoms with E-state index in [0.29, 0.717) is 31.8 Å². The smallest absolute Gasteiger partial charge is 0.306 e. The Morgan fingerprint density at radius 3 is 1.96 bits per heavy atom. The Kier molecular flexibility index (Phi) is 6.29. The minimum absolute atomic E-state index is 0.000264. The van der Waals surface area contributed by atoms with Crippen LogP contribution < -0.4 is 5.32 Å². The molecule has 0 bridgehead atoms. The zero-order valence-electron chi connectivity index (χ0n) is 15.6. The summed E-state index contributed by atoms with van der Waals surface area (Å²) >= 11 is 0. The summed E-state index contributed by atoms with van der Waals surface area (Å²) in [6, 6.07) is 0. The van der Waals surface area contributed by atoms with Crippen LogP contribution in [-0.4, -0.2) is 46.8 Å². The summed E-state index contributed by atoms with van der Waals surface area (Å²) in [5.41, 5.74) is 0. The molecule has 1 heterocycles. The highest BCUT2D eigenvalue weighted by molar-refractivity contribution is 6.12. The summed E-state index contributed by atoms with van der Waals surface area (Å²) < 4.78 is 0. The fourth-order valence-corrected chi connectivity index (χ4v) is 4.48. The number of carbonyl (C=O) groups is 4. The first-order chi connectivity index (χ1) is 12.9. The number of hydrogen-bond donors (Lipinski definition) is 2. The zero-order valence-corrected chi connectivity index (χ0v) is 15.6. The van der Waals surface area contributed by atoms with E-state index >= 15 is 0 Å². The van der Waals surface area contributed by atoms with Gasteiger partial charge in [-0.15, -0.1) is 0 Å². The van der Waals surface area contributed by atoms with E-state index in [1.54, 1.807) is 0 Å². The van der Waals surface area contributed by atoms with Gasteiger partial charge < -0.3 is 10.4 Å². The molecule has 0 aromatic carbocycles. The Labute approximate surface area is 159 Å². The van der Waals surface area contributed by atoms with Gasteiger partial charge >= 0.3 is 5.97 Å². The molecule has 2 fully saturated rings. The molecule has 0 spiro atoms. The van der Waals surface area contributed by atoms with Gasteiger partial charge in [-0.25, -0.2) is 0 Å². The van der Waals surface area contributed by atoms with Crippen molar-refractivity contribution in [2.24, 2.45) is 23.7 Å². The molecule has 0 unspecified atom stereocenters. The van der Waals surface area contributed by atoms with Crippen molar-refractivity contribution in [1.29, 1.82) is 0 Å². The lowest BCUT2D eigenvalue weighted by Gasteiger charge is -2.31. The minimum atomic E-state index is -0.706. The molecular weight excluding hydrogens is 348 g/mol. The van der Waals surface area contributed by atoms with Gasteiger partial charge in [-0.3, -0.25) is 24.1 Å². The van der Waals surface area contributed by atoms with E-state index in [9.17, 15) is 19.2 Å². The summed E-state index contributed by atoms with van der Waals surface area (Å²) in [4.78, 5) is 48.0. The highest BCUT2D eigenvalue weighted by atomic mass is 16.4. The van der Waals surface area contributed by atoms with Crippen molar-refractivity contribution in [1.82, 2.24) is 10.2 Å². The van der Waals surface area contributed by atoms with E-state index in [2.05, 4.69) is 5.32 Å². The molecule has 3 rings (SSSR count). The standard InChI is InChI=1S/C20H28N2O5/c23-17-9-10-18(24)22(17)12-14-3-5-15(6-4-14)19(25)21-11-13-1-7-16(8-2-13)20(26)27/h9-10,13-16H,1-8,11-12H2,(H,21,25)(H,26,27)/t13-,14-,15-,16-. The number of imide groups is 1. The number of hydrogen-bond acceptors (Lipinski definition) is 4. The second kappa shape index (κ2) is 8.67. The van der Waals surface area contributed by atoms with Gasteiger partial charge in [0.2, 0.25) is 5.91 Å². The average Bonchev–Trinajstić information content (AvgIpc) is 2.99. The lowest BCUT2D eigenvalue weighted by molar-refractivity contribution is -0.143. The Bertz CT molecular complexity index is 610. The Balaban J connectivity index is 1.35. The molecule has 3 amide bonds. The molecule has 0 radical (unpaired) electrons. The predicted octanol–water partition coefficient (Wildman–Crippen LogP) is 1.72. The van der Waals surface area contributed by atoms with Gasteiger partial charge in [-0.05, 0) is 63.2 Å². The maximum atomic E-state index is 12.4. The second-order valence-corrected chi connectivity index (χ2v) is 8.14. The highest BCUT2D eigenvalue weighted by Gasteiger charge is 2.32. The number of carbonyl (C=O) groups excluding carboxylic acids is 3. The monoisotopic (exact) mass is 376 g/mol. The van der Waals surface area contributed by atoms with Crippen LogP contribution >= 0.6 is 0 Å². The summed E-state index contributed by atoms with van der Waals surface area (Å²) in [5, 5.41) is 12.1. The summed E-state index contributed by atoms with van der Waals surface area (Å²) in [6.07, 6.45) is 8.99. The van der Waals surface area contributed by atoms with Crippen LogP contribution in [-0.2, 0) is 19.2 Å². The molecule has 2 saturated carbocycles. The van der Waals surface area contributed by atoms with E-state index in [4.69, 9.17) is 5.11 Å². The van der Waals surface area contributed by atoms with Gasteiger partial charge in [0.25, 0.3) is 11.8 Å². The summed E-state index contributed by atoms with van der Waals surface area (Å²) in [5.74, 6) is -0.675. The Hall–Kier alpha value is -2.18. The first-order valence-corrected chi connectivity index (χ1v) is 9.98. The summed E-state index contributed by atoms with van der Waals surface area (Å²) in [7, 11) is 0. The first-order valence-electron chi connectivity index (χ1n) is 9.98. The van der Waals surface area contributed by atoms with Gasteiger partial charge in [0, 0.05) is 31.2 Å². The quantitative estimate of drug-likeness (QED) is 0.687. The van der Waals surface area contributed by atoms with Gasteiger partial charge in [0.1, 0.15) is 0 Å². The minimum Gasteiger partial charge on any atom is -0.481 e. The maximum absolute atomic E-state index is 12.4. The molecule has 0 atom stereocenters. The van der Waals surface area contributed by atoms with Crippen LogP contribution in [0.15, 0.2) is 12.2 Å². The van der Waals surface area contributed by atoms with Crippen molar-refractivity contribution >= 4 is 23.7 Å². The largest absolute Gasteiger partial charge is 0.481 e. The molecule has 27 heavy (non-hydrogen) atoms. The number of nitrogens with zero attached hydrogens (tertiary/aromatic N) is 1. The van der Waals surface area contributed by atoms with Crippen LogP contribution in [0.25, 0.3) is 0 Å². The number of aliphatic carboxylic acids is 1. The van der Waals surface area contributed by atoms with Crippen molar-refractivity contribution in [2.75, 3.05) is 13.1 Å². The SMILES string of the molecule is O=C1C=CC(=O)N1C[C@H]1CC[C@H](C(=O)NC[C@H]2CC[C@H](C(=O)O)CC2)CC1. The van der Waals surface area contributed by atoms with Gasteiger partial charge in [0.15, 0.2) is 0 Å². The highest BCUT2D eigenvalue weighted by Crippen LogP contribution is 2.31. The normalized spacial score (nSPS) is 31.2. The number of carboxylic acids is 1. The third-order valence-corrected chi connectivity index (χ3v) is 6.32. The molecule has 7 heteroatoms. The van der Waals surface area contributed by atoms with Crippen LogP contribution in [0.1, 0.15) is 51.4 Å². The van der Waals surface area contributed by atoms with Gasteiger partial charge in [-0.2, -0.15) is 0 Å². The zero-order chi connectivity index (χ0) is 19.4. The topological polar surface area (TPSA) is 104 Å². The Morgan fingerprint density at radius 1 is 0.889 bits per heavy atom. The van der Waals surface area contributed by atoms with Gasteiger partial charge in [-0.1, -0.05) is 0 Å². The second-order valence-electron chi connectivity index (χ2n) is 8.14. The van der Waals surface area contributed by atoms with E-state index in [1.165, 1.54) is 17.1 Å². The van der Waals surface area contributed by atoms with Gasteiger partial charge in [0.05, 0.1) is 5.92 Å². The molecule has 0 aromatic heterocycles. The van der Waals surface area contributed by atoms with Crippen molar-refractivity contribution in [3.05, 3.63) is 12.2 Å². The first kappa shape index (κ1) is 19.6. The van der Waals surface area contributed by atoms with Crippen molar-refractivity contribution < 1.29 is 24.3 Å². The van der Waals surface area contributed by atoms with Crippen LogP contribution in [0.3, 0.4) is 0 Å². The third kappa shape index (κ3) is 4.96. The fraction of sp³-hybridized carbons (Fsp3) is 0.700. The van der Waals surface area contributed by atoms with E-state index < -0.39 is 5.97 Å². The predicted molar refractivity (Wildman–Crippen MR) is 97.4 cm³/mol. The van der Waals surface area contributed by atoms with Crippen molar-refractivity contribution in [2.45, 2.75) is 51.4 Å². The average molecular weight is 376 g/mol. The molecule has 7 nitrogen and oxygen atoms in total. The molecule has 1 aliphatic heterocycles. The fourth-order valence-electron chi connectivity index (χ4n) is 4.48. The lowest BCUT2D eigenvalue weighted by atomic mass is 9.80. The number of amides is 3. The molecule has 0 saturated heterocycles. The van der Waals surface area contributed by atoms with Crippen molar-refractivity contribution in [3.63, 3.8) is 0 Å². The van der Waals surface area contributed by atoms with E-state index in [-0.39, 0.29) is 35.5 Å². The maximum Gasteiger partial charge on any atom is 0.306 e. The molecule has 3 aliphatic rings. The molecule has 0 aromatic rings. The van der Waals surface area contributed by atoms with Crippen LogP contribution in [0.4, 0.5) is 0 Å². The molecule has 2 N–H and O–H groups in total. The Morgan fingerprint density at radius 2 is 1.41 bits per heavy atom.